The van der Waals surface area contributed by atoms with Crippen molar-refractivity contribution in [2.45, 2.75) is 20.5 Å². The smallest absolute Gasteiger partial charge is 0.341 e. The molecule has 0 saturated heterocycles. The van der Waals surface area contributed by atoms with Gasteiger partial charge < -0.3 is 14.8 Å². The number of hydrogen-bond donors (Lipinski definition) is 1. The Labute approximate surface area is 215 Å². The van der Waals surface area contributed by atoms with E-state index >= 15 is 0 Å². The number of rotatable bonds is 9. The number of nitrogens with one attached hydrogen (secondary N) is 1. The van der Waals surface area contributed by atoms with Crippen LogP contribution in [0.3, 0.4) is 0 Å². The Kier molecular flexibility index (Phi) is 8.32. The molecule has 1 aromatic heterocycles. The largest absolute Gasteiger partial charge is 0.489 e. The van der Waals surface area contributed by atoms with Crippen LogP contribution in [0, 0.1) is 6.92 Å². The number of benzene rings is 3. The Morgan fingerprint density at radius 3 is 2.25 bits per heavy atom. The second-order valence-corrected chi connectivity index (χ2v) is 9.21. The molecule has 4 rings (SSSR count). The third-order valence-corrected chi connectivity index (χ3v) is 6.44. The van der Waals surface area contributed by atoms with E-state index in [-0.39, 0.29) is 12.5 Å². The van der Waals surface area contributed by atoms with Gasteiger partial charge in [-0.15, -0.1) is 11.3 Å². The summed E-state index contributed by atoms with van der Waals surface area (Å²) < 4.78 is 11.1. The molecule has 0 aliphatic heterocycles. The molecule has 1 amide bonds. The lowest BCUT2D eigenvalue weighted by Gasteiger charge is -2.08. The van der Waals surface area contributed by atoms with Crippen LogP contribution >= 0.6 is 11.3 Å². The highest BCUT2D eigenvalue weighted by atomic mass is 32.1. The third kappa shape index (κ3) is 6.29. The SMILES string of the molecule is CCOC(=O)c1c(NC(=O)C=Cc2ccc(OCc3ccccc3)cc2)sc(C)c1-c1ccccc1. The molecular formula is C30H27NO4S. The van der Waals surface area contributed by atoms with E-state index in [9.17, 15) is 9.59 Å². The monoisotopic (exact) mass is 497 g/mol. The van der Waals surface area contributed by atoms with Crippen molar-refractivity contribution in [3.05, 3.63) is 113 Å². The van der Waals surface area contributed by atoms with Crippen molar-refractivity contribution in [2.24, 2.45) is 0 Å². The zero-order chi connectivity index (χ0) is 25.3. The van der Waals surface area contributed by atoms with Gasteiger partial charge in [0.25, 0.3) is 0 Å². The van der Waals surface area contributed by atoms with Crippen LogP contribution in [0.2, 0.25) is 0 Å². The molecule has 1 heterocycles. The van der Waals surface area contributed by atoms with Crippen LogP contribution in [-0.4, -0.2) is 18.5 Å². The van der Waals surface area contributed by atoms with Crippen molar-refractivity contribution in [1.82, 2.24) is 0 Å². The summed E-state index contributed by atoms with van der Waals surface area (Å²) in [6.07, 6.45) is 3.17. The van der Waals surface area contributed by atoms with Crippen molar-refractivity contribution < 1.29 is 19.1 Å². The van der Waals surface area contributed by atoms with Crippen LogP contribution in [0.25, 0.3) is 17.2 Å². The highest BCUT2D eigenvalue weighted by molar-refractivity contribution is 7.17. The van der Waals surface area contributed by atoms with Gasteiger partial charge in [-0.2, -0.15) is 0 Å². The molecule has 182 valence electrons. The van der Waals surface area contributed by atoms with E-state index in [1.54, 1.807) is 13.0 Å². The minimum Gasteiger partial charge on any atom is -0.489 e. The van der Waals surface area contributed by atoms with E-state index in [4.69, 9.17) is 9.47 Å². The van der Waals surface area contributed by atoms with E-state index < -0.39 is 5.97 Å². The number of thiophene rings is 1. The van der Waals surface area contributed by atoms with Gasteiger partial charge in [0.2, 0.25) is 5.91 Å². The molecule has 0 fully saturated rings. The highest BCUT2D eigenvalue weighted by Gasteiger charge is 2.25. The summed E-state index contributed by atoms with van der Waals surface area (Å²) in [6.45, 7) is 4.44. The topological polar surface area (TPSA) is 64.6 Å². The molecule has 0 atom stereocenters. The first-order valence-corrected chi connectivity index (χ1v) is 12.5. The number of ether oxygens (including phenoxy) is 2. The molecule has 0 saturated carbocycles. The maximum Gasteiger partial charge on any atom is 0.341 e. The molecule has 0 unspecified atom stereocenters. The highest BCUT2D eigenvalue weighted by Crippen LogP contribution is 2.40. The predicted molar refractivity (Wildman–Crippen MR) is 145 cm³/mol. The Hall–Kier alpha value is -4.16. The molecule has 6 heteroatoms. The van der Waals surface area contributed by atoms with Crippen LogP contribution in [0.4, 0.5) is 5.00 Å². The number of aryl methyl sites for hydroxylation is 1. The molecule has 0 bridgehead atoms. The number of anilines is 1. The van der Waals surface area contributed by atoms with Gasteiger partial charge in [-0.25, -0.2) is 4.79 Å². The van der Waals surface area contributed by atoms with Gasteiger partial charge in [0.1, 0.15) is 22.9 Å². The van der Waals surface area contributed by atoms with Gasteiger partial charge >= 0.3 is 5.97 Å². The Morgan fingerprint density at radius 1 is 0.917 bits per heavy atom. The quantitative estimate of drug-likeness (QED) is 0.197. The molecule has 5 nitrogen and oxygen atoms in total. The van der Waals surface area contributed by atoms with Gasteiger partial charge in [-0.3, -0.25) is 4.79 Å². The Morgan fingerprint density at radius 2 is 1.58 bits per heavy atom. The third-order valence-electron chi connectivity index (χ3n) is 5.42. The normalized spacial score (nSPS) is 10.8. The lowest BCUT2D eigenvalue weighted by Crippen LogP contribution is -2.12. The molecule has 0 radical (unpaired) electrons. The Bertz CT molecular complexity index is 1340. The van der Waals surface area contributed by atoms with Crippen LogP contribution in [0.15, 0.2) is 91.0 Å². The zero-order valence-corrected chi connectivity index (χ0v) is 21.0. The minimum absolute atomic E-state index is 0.250. The summed E-state index contributed by atoms with van der Waals surface area (Å²) in [5.74, 6) is -0.0288. The predicted octanol–water partition coefficient (Wildman–Crippen LogP) is 7.13. The molecular weight excluding hydrogens is 470 g/mol. The van der Waals surface area contributed by atoms with Gasteiger partial charge in [-0.1, -0.05) is 72.8 Å². The van der Waals surface area contributed by atoms with Crippen molar-refractivity contribution in [1.29, 1.82) is 0 Å². The minimum atomic E-state index is -0.453. The fourth-order valence-corrected chi connectivity index (χ4v) is 4.79. The second kappa shape index (κ2) is 12.0. The molecule has 36 heavy (non-hydrogen) atoms. The molecule has 0 aliphatic rings. The van der Waals surface area contributed by atoms with E-state index in [0.29, 0.717) is 17.2 Å². The van der Waals surface area contributed by atoms with Crippen molar-refractivity contribution in [2.75, 3.05) is 11.9 Å². The lowest BCUT2D eigenvalue weighted by molar-refractivity contribution is -0.111. The van der Waals surface area contributed by atoms with Crippen LogP contribution in [-0.2, 0) is 16.1 Å². The maximum absolute atomic E-state index is 12.8. The lowest BCUT2D eigenvalue weighted by atomic mass is 10.0. The summed E-state index contributed by atoms with van der Waals surface area (Å²) in [7, 11) is 0. The first-order chi connectivity index (χ1) is 17.5. The molecule has 4 aromatic rings. The number of carbonyl (C=O) groups is 2. The average molecular weight is 498 g/mol. The van der Waals surface area contributed by atoms with E-state index in [0.717, 1.165) is 32.9 Å². The standard InChI is InChI=1S/C30H27NO4S/c1-3-34-30(33)28-27(24-12-8-5-9-13-24)21(2)36-29(28)31-26(32)19-16-22-14-17-25(18-15-22)35-20-23-10-6-4-7-11-23/h4-19H,3,20H2,1-2H3,(H,31,32). The summed E-state index contributed by atoms with van der Waals surface area (Å²) >= 11 is 1.36. The zero-order valence-electron chi connectivity index (χ0n) is 20.2. The summed E-state index contributed by atoms with van der Waals surface area (Å²) in [4.78, 5) is 26.5. The van der Waals surface area contributed by atoms with Crippen molar-refractivity contribution >= 4 is 34.3 Å². The van der Waals surface area contributed by atoms with Crippen molar-refractivity contribution in [3.8, 4) is 16.9 Å². The second-order valence-electron chi connectivity index (χ2n) is 7.99. The Balaban J connectivity index is 1.45. The number of esters is 1. The maximum atomic E-state index is 12.8. The van der Waals surface area contributed by atoms with Gasteiger partial charge in [0, 0.05) is 16.5 Å². The number of carbonyl (C=O) groups excluding carboxylic acids is 2. The fourth-order valence-electron chi connectivity index (χ4n) is 3.72. The van der Waals surface area contributed by atoms with Crippen LogP contribution < -0.4 is 10.1 Å². The first kappa shape index (κ1) is 24.9. The van der Waals surface area contributed by atoms with Crippen LogP contribution in [0.1, 0.15) is 33.3 Å². The molecule has 0 spiro atoms. The fraction of sp³-hybridized carbons (Fsp3) is 0.133. The van der Waals surface area contributed by atoms with Gasteiger partial charge in [-0.05, 0) is 48.7 Å². The average Bonchev–Trinajstić information content (AvgIpc) is 3.23. The molecule has 1 N–H and O–H groups in total. The van der Waals surface area contributed by atoms with E-state index in [1.165, 1.54) is 17.4 Å². The van der Waals surface area contributed by atoms with Gasteiger partial charge in [0.15, 0.2) is 0 Å². The number of amides is 1. The number of hydrogen-bond acceptors (Lipinski definition) is 5. The van der Waals surface area contributed by atoms with Gasteiger partial charge in [0.05, 0.1) is 6.61 Å². The van der Waals surface area contributed by atoms with Crippen LogP contribution in [0.5, 0.6) is 5.75 Å². The summed E-state index contributed by atoms with van der Waals surface area (Å²) in [6, 6.07) is 27.1. The first-order valence-electron chi connectivity index (χ1n) is 11.7. The summed E-state index contributed by atoms with van der Waals surface area (Å²) in [5, 5.41) is 3.34. The summed E-state index contributed by atoms with van der Waals surface area (Å²) in [5.41, 5.74) is 4.02. The van der Waals surface area contributed by atoms with E-state index in [2.05, 4.69) is 5.32 Å². The molecule has 0 aliphatic carbocycles. The van der Waals surface area contributed by atoms with Crippen molar-refractivity contribution in [3.63, 3.8) is 0 Å². The van der Waals surface area contributed by atoms with E-state index in [1.807, 2.05) is 91.9 Å². The molecule has 3 aromatic carbocycles.